The van der Waals surface area contributed by atoms with Gasteiger partial charge in [-0.15, -0.1) is 23.7 Å². The highest BCUT2D eigenvalue weighted by Crippen LogP contribution is 2.30. The molecule has 0 aromatic carbocycles. The summed E-state index contributed by atoms with van der Waals surface area (Å²) in [5, 5.41) is 1.98. The van der Waals surface area contributed by atoms with Crippen molar-refractivity contribution in [2.24, 2.45) is 11.1 Å². The molecule has 0 spiro atoms. The molecule has 110 valence electrons. The molecular weight excluding hydrogens is 304 g/mol. The van der Waals surface area contributed by atoms with Gasteiger partial charge in [0.15, 0.2) is 0 Å². The number of aryl methyl sites for hydroxylation is 1. The molecule has 0 bridgehead atoms. The van der Waals surface area contributed by atoms with Crippen molar-refractivity contribution in [2.45, 2.75) is 19.8 Å². The van der Waals surface area contributed by atoms with Gasteiger partial charge in [0.1, 0.15) is 0 Å². The Morgan fingerprint density at radius 3 is 2.79 bits per heavy atom. The van der Waals surface area contributed by atoms with Gasteiger partial charge in [0, 0.05) is 18.0 Å². The van der Waals surface area contributed by atoms with Gasteiger partial charge in [0.05, 0.1) is 5.75 Å². The molecule has 1 aliphatic rings. The van der Waals surface area contributed by atoms with E-state index in [1.807, 2.05) is 17.5 Å². The van der Waals surface area contributed by atoms with E-state index in [1.54, 1.807) is 15.6 Å². The van der Waals surface area contributed by atoms with E-state index in [2.05, 4.69) is 6.92 Å². The van der Waals surface area contributed by atoms with Crippen molar-refractivity contribution in [3.8, 4) is 0 Å². The number of hydrogen-bond acceptors (Lipinski definition) is 4. The van der Waals surface area contributed by atoms with Crippen LogP contribution in [0.25, 0.3) is 0 Å². The average Bonchev–Trinajstić information content (AvgIpc) is 2.96. The SMILES string of the molecule is CC1(CN)CCN(S(=O)(=O)CCc2cccs2)C1.Cl. The highest BCUT2D eigenvalue weighted by atomic mass is 35.5. The maximum Gasteiger partial charge on any atom is 0.214 e. The zero-order valence-corrected chi connectivity index (χ0v) is 13.5. The lowest BCUT2D eigenvalue weighted by molar-refractivity contribution is 0.349. The van der Waals surface area contributed by atoms with Gasteiger partial charge in [-0.05, 0) is 36.2 Å². The van der Waals surface area contributed by atoms with Crippen molar-refractivity contribution in [2.75, 3.05) is 25.4 Å². The van der Waals surface area contributed by atoms with E-state index in [0.717, 1.165) is 11.3 Å². The van der Waals surface area contributed by atoms with Gasteiger partial charge >= 0.3 is 0 Å². The van der Waals surface area contributed by atoms with Gasteiger partial charge < -0.3 is 5.73 Å². The Kier molecular flexibility index (Phi) is 5.82. The van der Waals surface area contributed by atoms with E-state index in [9.17, 15) is 8.42 Å². The van der Waals surface area contributed by atoms with Crippen molar-refractivity contribution in [3.63, 3.8) is 0 Å². The van der Waals surface area contributed by atoms with Crippen LogP contribution in [0.1, 0.15) is 18.2 Å². The standard InChI is InChI=1S/C12H20N2O2S2.ClH/c1-12(9-13)5-6-14(10-12)18(15,16)8-4-11-3-2-7-17-11;/h2-3,7H,4-6,8-10,13H2,1H3;1H. The monoisotopic (exact) mass is 324 g/mol. The molecule has 1 unspecified atom stereocenters. The molecule has 1 atom stereocenters. The quantitative estimate of drug-likeness (QED) is 0.897. The van der Waals surface area contributed by atoms with Crippen LogP contribution in [-0.2, 0) is 16.4 Å². The van der Waals surface area contributed by atoms with Crippen molar-refractivity contribution in [3.05, 3.63) is 22.4 Å². The Bertz CT molecular complexity index is 490. The molecule has 7 heteroatoms. The number of nitrogens with zero attached hydrogens (tertiary/aromatic N) is 1. The third-order valence-electron chi connectivity index (χ3n) is 3.60. The van der Waals surface area contributed by atoms with Gasteiger partial charge in [0.2, 0.25) is 10.0 Å². The van der Waals surface area contributed by atoms with Crippen molar-refractivity contribution in [1.29, 1.82) is 0 Å². The third kappa shape index (κ3) is 4.16. The molecule has 2 heterocycles. The Labute approximate surface area is 125 Å². The summed E-state index contributed by atoms with van der Waals surface area (Å²) >= 11 is 1.61. The maximum atomic E-state index is 12.2. The second kappa shape index (κ2) is 6.54. The van der Waals surface area contributed by atoms with Crippen LogP contribution in [0.2, 0.25) is 0 Å². The summed E-state index contributed by atoms with van der Waals surface area (Å²) in [6, 6.07) is 3.93. The summed E-state index contributed by atoms with van der Waals surface area (Å²) < 4.78 is 26.0. The van der Waals surface area contributed by atoms with Gasteiger partial charge in [-0.1, -0.05) is 13.0 Å². The van der Waals surface area contributed by atoms with Crippen molar-refractivity contribution < 1.29 is 8.42 Å². The summed E-state index contributed by atoms with van der Waals surface area (Å²) in [6.07, 6.45) is 1.47. The molecule has 1 aromatic rings. The highest BCUT2D eigenvalue weighted by molar-refractivity contribution is 7.89. The fourth-order valence-electron chi connectivity index (χ4n) is 2.20. The first-order chi connectivity index (χ1) is 8.45. The minimum atomic E-state index is -3.13. The Morgan fingerprint density at radius 2 is 2.26 bits per heavy atom. The second-order valence-corrected chi connectivity index (χ2v) is 8.36. The largest absolute Gasteiger partial charge is 0.330 e. The lowest BCUT2D eigenvalue weighted by Gasteiger charge is -2.22. The second-order valence-electron chi connectivity index (χ2n) is 5.24. The summed E-state index contributed by atoms with van der Waals surface area (Å²) in [7, 11) is -3.13. The number of hydrogen-bond donors (Lipinski definition) is 1. The van der Waals surface area contributed by atoms with E-state index in [1.165, 1.54) is 0 Å². The molecule has 1 aliphatic heterocycles. The molecule has 0 aliphatic carbocycles. The first-order valence-corrected chi connectivity index (χ1v) is 8.64. The number of nitrogens with two attached hydrogens (primary N) is 1. The van der Waals surface area contributed by atoms with E-state index in [-0.39, 0.29) is 23.6 Å². The zero-order valence-electron chi connectivity index (χ0n) is 11.0. The minimum absolute atomic E-state index is 0. The number of thiophene rings is 1. The Hall–Kier alpha value is -0.140. The summed E-state index contributed by atoms with van der Waals surface area (Å²) in [4.78, 5) is 1.12. The summed E-state index contributed by atoms with van der Waals surface area (Å²) in [6.45, 7) is 3.78. The first-order valence-electron chi connectivity index (χ1n) is 6.15. The highest BCUT2D eigenvalue weighted by Gasteiger charge is 2.37. The van der Waals surface area contributed by atoms with E-state index < -0.39 is 10.0 Å². The van der Waals surface area contributed by atoms with Crippen LogP contribution < -0.4 is 5.73 Å². The van der Waals surface area contributed by atoms with Crippen LogP contribution in [0.4, 0.5) is 0 Å². The molecule has 4 nitrogen and oxygen atoms in total. The molecule has 0 radical (unpaired) electrons. The normalized spacial score (nSPS) is 24.3. The molecule has 2 rings (SSSR count). The third-order valence-corrected chi connectivity index (χ3v) is 6.35. The molecule has 0 saturated carbocycles. The average molecular weight is 325 g/mol. The molecule has 1 aromatic heterocycles. The van der Waals surface area contributed by atoms with Crippen LogP contribution in [0.3, 0.4) is 0 Å². The van der Waals surface area contributed by atoms with Crippen LogP contribution >= 0.6 is 23.7 Å². The molecule has 19 heavy (non-hydrogen) atoms. The van der Waals surface area contributed by atoms with E-state index in [0.29, 0.717) is 26.1 Å². The fourth-order valence-corrected chi connectivity index (χ4v) is 4.65. The van der Waals surface area contributed by atoms with Crippen LogP contribution in [-0.4, -0.2) is 38.1 Å². The van der Waals surface area contributed by atoms with Crippen molar-refractivity contribution in [1.82, 2.24) is 4.31 Å². The smallest absolute Gasteiger partial charge is 0.214 e. The summed E-state index contributed by atoms with van der Waals surface area (Å²) in [5.41, 5.74) is 5.66. The van der Waals surface area contributed by atoms with Crippen LogP contribution in [0.5, 0.6) is 0 Å². The number of halogens is 1. The van der Waals surface area contributed by atoms with Gasteiger partial charge in [-0.25, -0.2) is 12.7 Å². The van der Waals surface area contributed by atoms with Crippen molar-refractivity contribution >= 4 is 33.8 Å². The Morgan fingerprint density at radius 1 is 1.53 bits per heavy atom. The van der Waals surface area contributed by atoms with Gasteiger partial charge in [0.25, 0.3) is 0 Å². The molecule has 0 amide bonds. The molecule has 1 saturated heterocycles. The van der Waals surface area contributed by atoms with Gasteiger partial charge in [-0.3, -0.25) is 0 Å². The lowest BCUT2D eigenvalue weighted by Crippen LogP contribution is -2.36. The fraction of sp³-hybridized carbons (Fsp3) is 0.667. The van der Waals surface area contributed by atoms with Crippen LogP contribution in [0.15, 0.2) is 17.5 Å². The molecular formula is C12H21ClN2O2S2. The lowest BCUT2D eigenvalue weighted by atomic mass is 9.90. The predicted molar refractivity (Wildman–Crippen MR) is 82.4 cm³/mol. The Balaban J connectivity index is 0.00000180. The summed E-state index contributed by atoms with van der Waals surface area (Å²) in [5.74, 6) is 0.203. The van der Waals surface area contributed by atoms with Gasteiger partial charge in [-0.2, -0.15) is 0 Å². The topological polar surface area (TPSA) is 63.4 Å². The van der Waals surface area contributed by atoms with E-state index >= 15 is 0 Å². The number of sulfonamides is 1. The van der Waals surface area contributed by atoms with E-state index in [4.69, 9.17) is 5.73 Å². The van der Waals surface area contributed by atoms with Crippen LogP contribution in [0, 0.1) is 5.41 Å². The molecule has 1 fully saturated rings. The predicted octanol–water partition coefficient (Wildman–Crippen LogP) is 1.71. The maximum absolute atomic E-state index is 12.2. The number of rotatable bonds is 5. The zero-order chi connectivity index (χ0) is 13.2. The minimum Gasteiger partial charge on any atom is -0.330 e. The first kappa shape index (κ1) is 16.9. The molecule has 2 N–H and O–H groups in total.